The molecular weight excluding hydrogens is 1970 g/mol. The largest absolute Gasteiger partial charge is 0.322 e. The summed E-state index contributed by atoms with van der Waals surface area (Å²) in [6.45, 7) is 12.5. The van der Waals surface area contributed by atoms with Crippen molar-refractivity contribution in [3.05, 3.63) is 288 Å². The summed E-state index contributed by atoms with van der Waals surface area (Å²) in [5.74, 6) is -1.47. The van der Waals surface area contributed by atoms with E-state index in [0.717, 1.165) is 132 Å². The first-order valence-electron chi connectivity index (χ1n) is 40.6. The highest BCUT2D eigenvalue weighted by atomic mass is 79.9. The van der Waals surface area contributed by atoms with Crippen LogP contribution in [-0.4, -0.2) is 136 Å². The van der Waals surface area contributed by atoms with Gasteiger partial charge in [-0.3, -0.25) is 25.5 Å². The third-order valence-corrected chi connectivity index (χ3v) is 29.0. The van der Waals surface area contributed by atoms with E-state index in [-0.39, 0.29) is 82.6 Å². The highest BCUT2D eigenvalue weighted by Crippen LogP contribution is 2.41. The first-order valence-corrected chi connectivity index (χ1v) is 48.1. The Morgan fingerprint density at radius 1 is 0.352 bits per heavy atom. The summed E-state index contributed by atoms with van der Waals surface area (Å²) in [4.78, 5) is 78.2. The molecule has 10 aromatic heterocycles. The third kappa shape index (κ3) is 20.4. The van der Waals surface area contributed by atoms with E-state index in [4.69, 9.17) is 23.2 Å². The Hall–Kier alpha value is -11.2. The molecule has 0 aliphatic carbocycles. The van der Waals surface area contributed by atoms with E-state index in [1.807, 2.05) is 149 Å². The van der Waals surface area contributed by atoms with Gasteiger partial charge in [0.2, 0.25) is 0 Å². The van der Waals surface area contributed by atoms with Gasteiger partial charge in [0.25, 0.3) is 0 Å². The first kappa shape index (κ1) is 90.2. The maximum Gasteiger partial charge on any atom is 0.322 e. The average Bonchev–Trinajstić information content (AvgIpc) is 1.63. The highest BCUT2D eigenvalue weighted by Gasteiger charge is 2.38. The lowest BCUT2D eigenvalue weighted by molar-refractivity contribution is 0.181. The van der Waals surface area contributed by atoms with Gasteiger partial charge in [0.05, 0.1) is 82.5 Å². The van der Waals surface area contributed by atoms with E-state index in [2.05, 4.69) is 144 Å². The van der Waals surface area contributed by atoms with Crippen molar-refractivity contribution in [2.45, 2.75) is 130 Å². The number of carbonyl (C=O) groups excluding carboxylic acids is 5. The number of fused-ring (bicyclic) bond motifs is 5. The smallest absolute Gasteiger partial charge is 0.317 e. The van der Waals surface area contributed by atoms with Crippen LogP contribution in [0.3, 0.4) is 0 Å². The summed E-state index contributed by atoms with van der Waals surface area (Å²) in [5.41, 5.74) is 17.5. The molecule has 5 aromatic carbocycles. The minimum atomic E-state index is -0.629. The Kier molecular flexibility index (Phi) is 28.3. The van der Waals surface area contributed by atoms with Gasteiger partial charge >= 0.3 is 30.2 Å². The number of benzene rings is 5. The van der Waals surface area contributed by atoms with Gasteiger partial charge in [0.15, 0.2) is 11.6 Å². The first-order chi connectivity index (χ1) is 61.8. The zero-order valence-electron chi connectivity index (χ0n) is 69.0. The lowest BCUT2D eigenvalue weighted by atomic mass is 9.99. The van der Waals surface area contributed by atoms with Gasteiger partial charge in [0, 0.05) is 145 Å². The third-order valence-electron chi connectivity index (χ3n) is 22.4. The van der Waals surface area contributed by atoms with Crippen molar-refractivity contribution in [1.82, 2.24) is 75.5 Å². The molecule has 25 nitrogen and oxygen atoms in total. The molecule has 128 heavy (non-hydrogen) atoms. The number of rotatable bonds is 10. The molecule has 0 fully saturated rings. The monoisotopic (exact) mass is 2050 g/mol. The van der Waals surface area contributed by atoms with Crippen LogP contribution in [-0.2, 0) is 64.8 Å². The number of hydrogen-bond acceptors (Lipinski definition) is 15. The average molecular weight is 2050 g/mol. The van der Waals surface area contributed by atoms with E-state index in [1.165, 1.54) is 18.2 Å². The van der Waals surface area contributed by atoms with Crippen molar-refractivity contribution in [3.63, 3.8) is 0 Å². The van der Waals surface area contributed by atoms with Crippen molar-refractivity contribution < 1.29 is 37.1 Å². The maximum atomic E-state index is 14.2. The number of aromatic nitrogens is 10. The van der Waals surface area contributed by atoms with Crippen molar-refractivity contribution in [2.75, 3.05) is 26.6 Å². The van der Waals surface area contributed by atoms with Gasteiger partial charge in [-0.05, 0) is 203 Å². The number of carbonyl (C=O) groups is 5. The number of halogens is 8. The number of thiophene rings is 5. The number of urea groups is 5. The zero-order valence-corrected chi connectivity index (χ0v) is 79.4. The SMILES string of the molecule is CC1Cc2[nH]nc(-c3cccs3)c2CN1C(=O)Nc1ccc(F)c(Br)c1.CC1Cc2[nH]nc(-c3cccs3)c2CN1C(=O)Nc1cccc(Br)c1.CC1Cc2[nH]nc(-c3cccs3)c2CN1C(=O)Nc1cccc(Br)c1F.CC1Cc2[nH]nc(-c3cccs3)c2CN1C(=O)Nc1cccc(Cl)c1.CC1Cc2[nH]nc(-c3cccs3)c2CN1C(=O)Nc1cccc(Cl)c1F. The van der Waals surface area contributed by atoms with Gasteiger partial charge in [-0.25, -0.2) is 37.1 Å². The Bertz CT molecular complexity index is 6160. The molecule has 10 N–H and O–H groups in total. The van der Waals surface area contributed by atoms with Gasteiger partial charge in [-0.1, -0.05) is 93.7 Å². The molecule has 0 saturated heterocycles. The lowest BCUT2D eigenvalue weighted by Gasteiger charge is -2.33. The summed E-state index contributed by atoms with van der Waals surface area (Å²) < 4.78 is 43.2. The van der Waals surface area contributed by atoms with Crippen LogP contribution >= 0.6 is 128 Å². The van der Waals surface area contributed by atoms with Crippen LogP contribution < -0.4 is 26.6 Å². The molecule has 15 heterocycles. The van der Waals surface area contributed by atoms with E-state index >= 15 is 0 Å². The van der Waals surface area contributed by atoms with Crippen LogP contribution in [0.2, 0.25) is 10.0 Å². The van der Waals surface area contributed by atoms with E-state index in [0.29, 0.717) is 77.3 Å². The Balaban J connectivity index is 0.000000117. The van der Waals surface area contributed by atoms with Gasteiger partial charge < -0.3 is 51.1 Å². The summed E-state index contributed by atoms with van der Waals surface area (Å²) in [6.07, 6.45) is 3.60. The number of aromatic amines is 5. The number of anilines is 5. The normalized spacial score (nSPS) is 16.5. The van der Waals surface area contributed by atoms with Crippen molar-refractivity contribution in [3.8, 4) is 52.9 Å². The van der Waals surface area contributed by atoms with Crippen molar-refractivity contribution in [2.24, 2.45) is 0 Å². The standard InChI is InChI=1S/2C18H16BrFN4OS.C18H17BrN4OS.C18H16ClFN4OS.C18H17ClN4OS/c1-10-8-14-11(17(23-22-14)15-6-3-7-26-15)9-24(10)18(25)21-13-5-2-4-12(19)16(13)20;1-10-7-15-12(17(23-22-15)16-3-2-6-26-16)9-24(10)18(25)21-11-4-5-14(20)13(19)8-11;1-11-8-15-14(17(22-21-15)16-6-3-7-25-16)10-23(11)18(24)20-13-5-2-4-12(19)9-13;1-10-8-14-11(17(23-22-14)15-6-3-7-26-15)9-24(10)18(25)21-13-5-2-4-12(19)16(13)20;1-11-8-15-14(17(22-21-15)16-6-3-7-25-16)10-23(11)18(24)20-13-5-2-4-12(19)9-13/h2-7,10H,8-9H2,1H3,(H,21,25)(H,22,23);2-6,8,10H,7,9H2,1H3,(H,21,25)(H,22,23);2-7,9,11H,8,10H2,1H3,(H,20,24)(H,21,22);2-7,10H,8-9H2,1H3,(H,21,25)(H,22,23);2-7,9,11H,8,10H2,1H3,(H,20,24)(H,21,22). The second kappa shape index (κ2) is 40.2. The number of hydrogen-bond donors (Lipinski definition) is 10. The summed E-state index contributed by atoms with van der Waals surface area (Å²) >= 11 is 29.7. The molecule has 20 rings (SSSR count). The van der Waals surface area contributed by atoms with Crippen LogP contribution in [0.15, 0.2) is 204 Å². The molecule has 0 spiro atoms. The molecule has 5 aliphatic rings. The topological polar surface area (TPSA) is 305 Å². The summed E-state index contributed by atoms with van der Waals surface area (Å²) in [7, 11) is 0. The lowest BCUT2D eigenvalue weighted by Crippen LogP contribution is -2.44. The predicted octanol–water partition coefficient (Wildman–Crippen LogP) is 24.6. The summed E-state index contributed by atoms with van der Waals surface area (Å²) in [6, 6.07) is 47.8. The van der Waals surface area contributed by atoms with Crippen LogP contribution in [0.4, 0.5) is 65.6 Å². The van der Waals surface area contributed by atoms with Crippen LogP contribution in [0.5, 0.6) is 0 Å². The quantitative estimate of drug-likeness (QED) is 0.0617. The predicted molar refractivity (Wildman–Crippen MR) is 513 cm³/mol. The molecule has 5 aliphatic heterocycles. The molecule has 38 heteroatoms. The molecule has 0 saturated carbocycles. The van der Waals surface area contributed by atoms with Crippen molar-refractivity contribution >= 4 is 186 Å². The Morgan fingerprint density at radius 2 is 0.656 bits per heavy atom. The number of amides is 10. The second-order valence-corrected chi connectivity index (χ2v) is 39.1. The fraction of sp³-hybridized carbons (Fsp3) is 0.222. The number of nitrogens with zero attached hydrogens (tertiary/aromatic N) is 10. The molecule has 5 unspecified atom stereocenters. The van der Waals surface area contributed by atoms with E-state index in [9.17, 15) is 37.1 Å². The highest BCUT2D eigenvalue weighted by molar-refractivity contribution is 9.11. The molecule has 5 atom stereocenters. The van der Waals surface area contributed by atoms with E-state index in [1.54, 1.807) is 120 Å². The molecular formula is C90H82Br3Cl2F3N20O5S5. The zero-order chi connectivity index (χ0) is 89.6. The van der Waals surface area contributed by atoms with Crippen molar-refractivity contribution in [1.29, 1.82) is 0 Å². The van der Waals surface area contributed by atoms with Crippen LogP contribution in [0.25, 0.3) is 52.9 Å². The van der Waals surface area contributed by atoms with Gasteiger partial charge in [-0.15, -0.1) is 56.7 Å². The molecule has 0 radical (unpaired) electrons. The van der Waals surface area contributed by atoms with Gasteiger partial charge in [-0.2, -0.15) is 25.5 Å². The Morgan fingerprint density at radius 3 is 0.977 bits per heavy atom. The van der Waals surface area contributed by atoms with Crippen LogP contribution in [0, 0.1) is 17.5 Å². The van der Waals surface area contributed by atoms with E-state index < -0.39 is 11.6 Å². The molecule has 658 valence electrons. The number of nitrogens with one attached hydrogen (secondary N) is 10. The minimum Gasteiger partial charge on any atom is -0.317 e. The minimum absolute atomic E-state index is 0.0191. The maximum absolute atomic E-state index is 14.2. The molecule has 0 bridgehead atoms. The number of H-pyrrole nitrogens is 5. The van der Waals surface area contributed by atoms with Gasteiger partial charge in [0.1, 0.15) is 34.3 Å². The Labute approximate surface area is 789 Å². The fourth-order valence-corrected chi connectivity index (χ4v) is 20.9. The van der Waals surface area contributed by atoms with Crippen LogP contribution in [0.1, 0.15) is 90.9 Å². The second-order valence-electron chi connectivity index (χ2n) is 30.9. The fourth-order valence-electron chi connectivity index (χ4n) is 15.7. The summed E-state index contributed by atoms with van der Waals surface area (Å²) in [5, 5.41) is 62.6. The molecule has 15 aromatic rings. The molecule has 10 amide bonds.